The predicted octanol–water partition coefficient (Wildman–Crippen LogP) is 7.53. The minimum atomic E-state index is 0.461. The van der Waals surface area contributed by atoms with E-state index < -0.39 is 0 Å². The van der Waals surface area contributed by atoms with Crippen LogP contribution in [0, 0.1) is 0 Å². The molecular formula is C25H39NO. The van der Waals surface area contributed by atoms with Crippen LogP contribution in [0.5, 0.6) is 5.75 Å². The zero-order valence-electron chi connectivity index (χ0n) is 17.2. The van der Waals surface area contributed by atoms with E-state index in [9.17, 15) is 5.11 Å². The average molecular weight is 370 g/mol. The van der Waals surface area contributed by atoms with Gasteiger partial charge in [0.2, 0.25) is 0 Å². The third-order valence-corrected chi connectivity index (χ3v) is 6.64. The van der Waals surface area contributed by atoms with Crippen molar-refractivity contribution in [2.45, 2.75) is 115 Å². The van der Waals surface area contributed by atoms with Gasteiger partial charge in [-0.3, -0.25) is 4.99 Å². The summed E-state index contributed by atoms with van der Waals surface area (Å²) in [6.07, 6.45) is 23.0. The van der Waals surface area contributed by atoms with Crippen LogP contribution in [-0.2, 0) is 0 Å². The van der Waals surface area contributed by atoms with E-state index in [1.165, 1.54) is 108 Å². The van der Waals surface area contributed by atoms with E-state index >= 15 is 0 Å². The number of aromatic hydroxyl groups is 1. The van der Waals surface area contributed by atoms with Gasteiger partial charge in [-0.05, 0) is 43.2 Å². The van der Waals surface area contributed by atoms with Crippen molar-refractivity contribution in [3.8, 4) is 5.75 Å². The molecule has 1 N–H and O–H groups in total. The smallest absolute Gasteiger partial charge is 0.127 e. The van der Waals surface area contributed by atoms with E-state index in [4.69, 9.17) is 4.99 Å². The number of nitrogens with zero attached hydrogens (tertiary/aromatic N) is 1. The van der Waals surface area contributed by atoms with Crippen LogP contribution in [0.1, 0.15) is 120 Å². The minimum absolute atomic E-state index is 0.461. The number of hydrogen-bond acceptors (Lipinski definition) is 2. The first-order valence-electron chi connectivity index (χ1n) is 11.7. The van der Waals surface area contributed by atoms with Gasteiger partial charge in [-0.2, -0.15) is 0 Å². The van der Waals surface area contributed by atoms with E-state index in [-0.39, 0.29) is 0 Å². The summed E-state index contributed by atoms with van der Waals surface area (Å²) in [6.45, 7) is 0. The monoisotopic (exact) mass is 369 g/mol. The maximum atomic E-state index is 11.0. The maximum Gasteiger partial charge on any atom is 0.127 e. The second-order valence-corrected chi connectivity index (χ2v) is 8.81. The van der Waals surface area contributed by atoms with Gasteiger partial charge in [0.1, 0.15) is 5.75 Å². The lowest BCUT2D eigenvalue weighted by atomic mass is 9.86. The van der Waals surface area contributed by atoms with Gasteiger partial charge in [0.15, 0.2) is 0 Å². The van der Waals surface area contributed by atoms with E-state index in [0.29, 0.717) is 17.7 Å². The van der Waals surface area contributed by atoms with Gasteiger partial charge >= 0.3 is 0 Å². The topological polar surface area (TPSA) is 32.6 Å². The molecule has 2 saturated carbocycles. The number of hydrogen-bond donors (Lipinski definition) is 1. The lowest BCUT2D eigenvalue weighted by Gasteiger charge is -2.21. The first-order valence-corrected chi connectivity index (χ1v) is 11.7. The van der Waals surface area contributed by atoms with E-state index in [0.717, 1.165) is 5.56 Å². The summed E-state index contributed by atoms with van der Waals surface area (Å²) in [4.78, 5) is 4.80. The van der Waals surface area contributed by atoms with E-state index in [1.807, 2.05) is 12.3 Å². The molecule has 0 radical (unpaired) electrons. The number of para-hydroxylation sites is 1. The summed E-state index contributed by atoms with van der Waals surface area (Å²) in [7, 11) is 0. The predicted molar refractivity (Wildman–Crippen MR) is 116 cm³/mol. The van der Waals surface area contributed by atoms with Crippen LogP contribution < -0.4 is 0 Å². The molecule has 0 atom stereocenters. The average Bonchev–Trinajstić information content (AvgIpc) is 2.69. The molecule has 0 heterocycles. The quantitative estimate of drug-likeness (QED) is 0.549. The number of benzene rings is 1. The zero-order valence-corrected chi connectivity index (χ0v) is 17.2. The highest BCUT2D eigenvalue weighted by molar-refractivity contribution is 5.84. The first kappa shape index (κ1) is 20.4. The molecule has 0 unspecified atom stereocenters. The summed E-state index contributed by atoms with van der Waals surface area (Å²) in [5, 5.41) is 11.0. The molecule has 2 nitrogen and oxygen atoms in total. The Kier molecular flexibility index (Phi) is 8.71. The number of rotatable bonds is 3. The van der Waals surface area contributed by atoms with Crippen LogP contribution in [0.3, 0.4) is 0 Å². The molecular weight excluding hydrogens is 330 g/mol. The largest absolute Gasteiger partial charge is 0.507 e. The van der Waals surface area contributed by atoms with Crippen LogP contribution in [0.2, 0.25) is 0 Å². The van der Waals surface area contributed by atoms with Crippen molar-refractivity contribution < 1.29 is 5.11 Å². The molecule has 27 heavy (non-hydrogen) atoms. The summed E-state index contributed by atoms with van der Waals surface area (Å²) >= 11 is 0. The third kappa shape index (κ3) is 6.66. The summed E-state index contributed by atoms with van der Waals surface area (Å²) in [5.41, 5.74) is 2.09. The lowest BCUT2D eigenvalue weighted by Crippen LogP contribution is -2.09. The molecule has 1 aromatic carbocycles. The molecule has 0 aliphatic heterocycles. The van der Waals surface area contributed by atoms with Gasteiger partial charge in [-0.1, -0.05) is 89.2 Å². The van der Waals surface area contributed by atoms with Crippen molar-refractivity contribution in [2.75, 3.05) is 0 Å². The molecule has 2 fully saturated rings. The van der Waals surface area contributed by atoms with Crippen molar-refractivity contribution in [2.24, 2.45) is 4.99 Å². The number of phenolic OH excluding ortho intramolecular Hbond substituents is 1. The summed E-state index contributed by atoms with van der Waals surface area (Å²) in [6, 6.07) is 6.76. The van der Waals surface area contributed by atoms with Gasteiger partial charge < -0.3 is 5.11 Å². The standard InChI is InChI=1S/C25H39NO/c27-25-22(20-26-23-17-11-8-12-18-23)16-13-19-24(25)21-14-9-6-4-2-1-3-5-7-10-15-21/h13,16,19-21,23,27H,1-12,14-15,17-18H2. The SMILES string of the molecule is Oc1c(C=NC2CCCCC2)cccc1C1CCCCCCCCCCC1. The molecule has 0 amide bonds. The normalized spacial score (nSPS) is 22.4. The highest BCUT2D eigenvalue weighted by Gasteiger charge is 2.18. The fourth-order valence-electron chi connectivity index (χ4n) is 4.90. The Morgan fingerprint density at radius 1 is 0.704 bits per heavy atom. The van der Waals surface area contributed by atoms with Crippen LogP contribution in [0.4, 0.5) is 0 Å². The molecule has 0 bridgehead atoms. The molecule has 150 valence electrons. The molecule has 2 aliphatic carbocycles. The van der Waals surface area contributed by atoms with E-state index in [2.05, 4.69) is 12.1 Å². The van der Waals surface area contributed by atoms with Crippen molar-refractivity contribution in [1.29, 1.82) is 0 Å². The minimum Gasteiger partial charge on any atom is -0.507 e. The lowest BCUT2D eigenvalue weighted by molar-refractivity contribution is 0.431. The van der Waals surface area contributed by atoms with Crippen LogP contribution >= 0.6 is 0 Å². The van der Waals surface area contributed by atoms with Gasteiger partial charge in [-0.25, -0.2) is 0 Å². The molecule has 1 aromatic rings. The maximum absolute atomic E-state index is 11.0. The fourth-order valence-corrected chi connectivity index (χ4v) is 4.90. The second kappa shape index (κ2) is 11.5. The molecule has 3 rings (SSSR count). The molecule has 0 aromatic heterocycles. The highest BCUT2D eigenvalue weighted by Crippen LogP contribution is 2.36. The van der Waals surface area contributed by atoms with Crippen molar-refractivity contribution in [3.63, 3.8) is 0 Å². The Bertz CT molecular complexity index is 562. The summed E-state index contributed by atoms with van der Waals surface area (Å²) in [5.74, 6) is 1.00. The first-order chi connectivity index (χ1) is 13.3. The fraction of sp³-hybridized carbons (Fsp3) is 0.720. The zero-order chi connectivity index (χ0) is 18.7. The number of phenols is 1. The van der Waals surface area contributed by atoms with Crippen molar-refractivity contribution in [1.82, 2.24) is 0 Å². The molecule has 2 aliphatic rings. The molecule has 0 spiro atoms. The Morgan fingerprint density at radius 2 is 1.22 bits per heavy atom. The number of aliphatic imine (C=N–C) groups is 1. The third-order valence-electron chi connectivity index (χ3n) is 6.64. The van der Waals surface area contributed by atoms with Crippen molar-refractivity contribution in [3.05, 3.63) is 29.3 Å². The van der Waals surface area contributed by atoms with Gasteiger partial charge in [-0.15, -0.1) is 0 Å². The second-order valence-electron chi connectivity index (χ2n) is 8.81. The van der Waals surface area contributed by atoms with Gasteiger partial charge in [0, 0.05) is 17.8 Å². The Balaban J connectivity index is 1.68. The Hall–Kier alpha value is -1.31. The van der Waals surface area contributed by atoms with Crippen LogP contribution in [0.25, 0.3) is 0 Å². The highest BCUT2D eigenvalue weighted by atomic mass is 16.3. The van der Waals surface area contributed by atoms with Crippen LogP contribution in [-0.4, -0.2) is 17.4 Å². The summed E-state index contributed by atoms with van der Waals surface area (Å²) < 4.78 is 0. The molecule has 2 heteroatoms. The molecule has 0 saturated heterocycles. The van der Waals surface area contributed by atoms with Crippen molar-refractivity contribution >= 4 is 6.21 Å². The van der Waals surface area contributed by atoms with Gasteiger partial charge in [0.25, 0.3) is 0 Å². The van der Waals surface area contributed by atoms with Crippen LogP contribution in [0.15, 0.2) is 23.2 Å². The van der Waals surface area contributed by atoms with E-state index in [1.54, 1.807) is 0 Å². The van der Waals surface area contributed by atoms with Gasteiger partial charge in [0.05, 0.1) is 0 Å². The Morgan fingerprint density at radius 3 is 1.85 bits per heavy atom. The Labute approximate surface area is 166 Å².